The largest absolute Gasteiger partial charge is 0.496 e. The van der Waals surface area contributed by atoms with Crippen LogP contribution in [0.2, 0.25) is 0 Å². The van der Waals surface area contributed by atoms with Gasteiger partial charge < -0.3 is 4.74 Å². The number of fused-ring (bicyclic) bond motifs is 1. The normalized spacial score (nSPS) is 10.6. The van der Waals surface area contributed by atoms with Gasteiger partial charge in [-0.25, -0.2) is 15.0 Å². The van der Waals surface area contributed by atoms with E-state index in [0.29, 0.717) is 43.7 Å². The Morgan fingerprint density at radius 3 is 2.65 bits per heavy atom. The van der Waals surface area contributed by atoms with Crippen LogP contribution in [0.15, 0.2) is 67.1 Å². The molecule has 0 atom stereocenters. The number of carbonyl (C=O) groups is 1. The van der Waals surface area contributed by atoms with Gasteiger partial charge in [-0.05, 0) is 30.3 Å². The fraction of sp³-hybridized carbons (Fsp3) is 0.0417. The number of nitrogens with zero attached hydrogens (tertiary/aromatic N) is 6. The highest BCUT2D eigenvalue weighted by molar-refractivity contribution is 7.22. The maximum atomic E-state index is 13.1. The minimum absolute atomic E-state index is 0.339. The maximum absolute atomic E-state index is 13.1. The zero-order valence-corrected chi connectivity index (χ0v) is 18.6. The maximum Gasteiger partial charge on any atom is 0.259 e. The van der Waals surface area contributed by atoms with Crippen molar-refractivity contribution in [2.45, 2.75) is 0 Å². The molecular weight excluding hydrogens is 450 g/mol. The standard InChI is InChI=1S/C24H15N7O2S/c1-33-21-5-3-2-4-16(21)17-12-27-28-13-18(17)22(32)31-24-30-20-9-8-19(29-23(20)34-24)14-6-7-15(10-25)26-11-14/h2-9,11-13H,1H3,(H,30,31,32). The third kappa shape index (κ3) is 4.03. The number of para-hydroxylation sites is 1. The number of anilines is 1. The number of aromatic nitrogens is 5. The zero-order valence-electron chi connectivity index (χ0n) is 17.8. The Morgan fingerprint density at radius 1 is 1.00 bits per heavy atom. The number of methoxy groups -OCH3 is 1. The first-order chi connectivity index (χ1) is 16.7. The van der Waals surface area contributed by atoms with E-state index in [9.17, 15) is 4.79 Å². The summed E-state index contributed by atoms with van der Waals surface area (Å²) in [5.74, 6) is 0.255. The Morgan fingerprint density at radius 2 is 1.85 bits per heavy atom. The van der Waals surface area contributed by atoms with Crippen LogP contribution < -0.4 is 10.1 Å². The van der Waals surface area contributed by atoms with Crippen molar-refractivity contribution in [2.75, 3.05) is 12.4 Å². The summed E-state index contributed by atoms with van der Waals surface area (Å²) in [5, 5.41) is 20.0. The number of pyridine rings is 2. The van der Waals surface area contributed by atoms with Gasteiger partial charge in [0, 0.05) is 22.9 Å². The Hall–Kier alpha value is -4.75. The van der Waals surface area contributed by atoms with Crippen LogP contribution in [0, 0.1) is 11.3 Å². The summed E-state index contributed by atoms with van der Waals surface area (Å²) in [5.41, 5.74) is 4.15. The van der Waals surface area contributed by atoms with E-state index >= 15 is 0 Å². The summed E-state index contributed by atoms with van der Waals surface area (Å²) in [4.78, 5) is 27.0. The lowest BCUT2D eigenvalue weighted by atomic mass is 10.0. The van der Waals surface area contributed by atoms with Crippen molar-refractivity contribution in [3.05, 3.63) is 78.4 Å². The minimum Gasteiger partial charge on any atom is -0.496 e. The van der Waals surface area contributed by atoms with Crippen LogP contribution in [-0.2, 0) is 0 Å². The van der Waals surface area contributed by atoms with Crippen molar-refractivity contribution < 1.29 is 9.53 Å². The number of thiazole rings is 1. The van der Waals surface area contributed by atoms with Crippen LogP contribution in [0.3, 0.4) is 0 Å². The van der Waals surface area contributed by atoms with Crippen molar-refractivity contribution in [1.82, 2.24) is 25.1 Å². The van der Waals surface area contributed by atoms with E-state index in [2.05, 4.69) is 30.5 Å². The third-order valence-electron chi connectivity index (χ3n) is 5.02. The average Bonchev–Trinajstić information content (AvgIpc) is 3.30. The van der Waals surface area contributed by atoms with E-state index in [1.54, 1.807) is 25.4 Å². The molecule has 0 radical (unpaired) electrons. The molecule has 1 amide bonds. The van der Waals surface area contributed by atoms with Gasteiger partial charge in [-0.3, -0.25) is 10.1 Å². The van der Waals surface area contributed by atoms with Crippen LogP contribution in [0.4, 0.5) is 5.13 Å². The predicted molar refractivity (Wildman–Crippen MR) is 127 cm³/mol. The highest BCUT2D eigenvalue weighted by Gasteiger charge is 2.18. The Kier molecular flexibility index (Phi) is 5.60. The molecule has 1 aromatic carbocycles. The molecule has 10 heteroatoms. The Labute approximate surface area is 197 Å². The molecule has 0 spiro atoms. The van der Waals surface area contributed by atoms with E-state index in [1.807, 2.05) is 42.5 Å². The van der Waals surface area contributed by atoms with Crippen molar-refractivity contribution >= 4 is 32.7 Å². The molecule has 9 nitrogen and oxygen atoms in total. The van der Waals surface area contributed by atoms with E-state index < -0.39 is 0 Å². The van der Waals surface area contributed by atoms with Crippen LogP contribution in [-0.4, -0.2) is 38.2 Å². The summed E-state index contributed by atoms with van der Waals surface area (Å²) >= 11 is 1.26. The number of carbonyl (C=O) groups excluding carboxylic acids is 1. The van der Waals surface area contributed by atoms with Gasteiger partial charge in [-0.2, -0.15) is 15.5 Å². The van der Waals surface area contributed by atoms with Crippen molar-refractivity contribution in [1.29, 1.82) is 5.26 Å². The van der Waals surface area contributed by atoms with Gasteiger partial charge in [0.05, 0.1) is 30.8 Å². The van der Waals surface area contributed by atoms with Gasteiger partial charge in [0.15, 0.2) is 5.13 Å². The summed E-state index contributed by atoms with van der Waals surface area (Å²) < 4.78 is 5.43. The highest BCUT2D eigenvalue weighted by Crippen LogP contribution is 2.32. The lowest BCUT2D eigenvalue weighted by Gasteiger charge is -2.11. The van der Waals surface area contributed by atoms with E-state index in [1.165, 1.54) is 23.7 Å². The zero-order chi connectivity index (χ0) is 23.5. The first-order valence-corrected chi connectivity index (χ1v) is 10.9. The molecule has 0 aliphatic heterocycles. The summed E-state index contributed by atoms with van der Waals surface area (Å²) in [7, 11) is 1.57. The molecule has 4 aromatic heterocycles. The van der Waals surface area contributed by atoms with Crippen LogP contribution >= 0.6 is 11.3 Å². The topological polar surface area (TPSA) is 127 Å². The van der Waals surface area contributed by atoms with E-state index in [4.69, 9.17) is 10.00 Å². The second kappa shape index (κ2) is 9.01. The lowest BCUT2D eigenvalue weighted by molar-refractivity contribution is 0.102. The van der Waals surface area contributed by atoms with Gasteiger partial charge in [-0.15, -0.1) is 0 Å². The first-order valence-electron chi connectivity index (χ1n) is 10.1. The van der Waals surface area contributed by atoms with Crippen molar-refractivity contribution in [3.8, 4) is 34.2 Å². The monoisotopic (exact) mass is 465 g/mol. The number of ether oxygens (including phenoxy) is 1. The molecule has 5 rings (SSSR count). The number of hydrogen-bond acceptors (Lipinski definition) is 9. The fourth-order valence-electron chi connectivity index (χ4n) is 3.39. The molecule has 0 unspecified atom stereocenters. The quantitative estimate of drug-likeness (QED) is 0.406. The van der Waals surface area contributed by atoms with Gasteiger partial charge in [0.1, 0.15) is 27.9 Å². The predicted octanol–water partition coefficient (Wildman–Crippen LogP) is 4.34. The number of benzene rings is 1. The molecule has 0 aliphatic carbocycles. The van der Waals surface area contributed by atoms with Crippen LogP contribution in [0.1, 0.15) is 16.1 Å². The molecule has 0 fully saturated rings. The molecule has 5 aromatic rings. The van der Waals surface area contributed by atoms with E-state index in [0.717, 1.165) is 11.1 Å². The summed E-state index contributed by atoms with van der Waals surface area (Å²) in [6.07, 6.45) is 4.55. The molecule has 0 bridgehead atoms. The SMILES string of the molecule is COc1ccccc1-c1cnncc1C(=O)Nc1nc2ccc(-c3ccc(C#N)nc3)nc2s1. The average molecular weight is 465 g/mol. The first kappa shape index (κ1) is 21.1. The van der Waals surface area contributed by atoms with Gasteiger partial charge >= 0.3 is 0 Å². The van der Waals surface area contributed by atoms with Crippen molar-refractivity contribution in [3.63, 3.8) is 0 Å². The highest BCUT2D eigenvalue weighted by atomic mass is 32.1. The number of rotatable bonds is 5. The third-order valence-corrected chi connectivity index (χ3v) is 5.90. The molecule has 0 saturated heterocycles. The Bertz CT molecular complexity index is 1560. The number of nitrogens with one attached hydrogen (secondary N) is 1. The van der Waals surface area contributed by atoms with Gasteiger partial charge in [0.2, 0.25) is 0 Å². The molecule has 1 N–H and O–H groups in total. The number of hydrogen-bond donors (Lipinski definition) is 1. The van der Waals surface area contributed by atoms with Crippen molar-refractivity contribution in [2.24, 2.45) is 0 Å². The molecular formula is C24H15N7O2S. The lowest BCUT2D eigenvalue weighted by Crippen LogP contribution is -2.14. The number of amides is 1. The fourth-order valence-corrected chi connectivity index (χ4v) is 4.22. The minimum atomic E-state index is -0.369. The van der Waals surface area contributed by atoms with Crippen LogP contribution in [0.5, 0.6) is 5.75 Å². The van der Waals surface area contributed by atoms with Gasteiger partial charge in [-0.1, -0.05) is 29.5 Å². The Balaban J connectivity index is 1.44. The summed E-state index contributed by atoms with van der Waals surface area (Å²) in [6.45, 7) is 0. The van der Waals surface area contributed by atoms with Crippen LogP contribution in [0.25, 0.3) is 32.7 Å². The molecule has 4 heterocycles. The van der Waals surface area contributed by atoms with Gasteiger partial charge in [0.25, 0.3) is 5.91 Å². The molecule has 164 valence electrons. The summed E-state index contributed by atoms with van der Waals surface area (Å²) in [6, 6.07) is 16.5. The second-order valence-corrected chi connectivity index (χ2v) is 8.03. The molecule has 34 heavy (non-hydrogen) atoms. The molecule has 0 aliphatic rings. The second-order valence-electron chi connectivity index (χ2n) is 7.05. The smallest absolute Gasteiger partial charge is 0.259 e. The molecule has 0 saturated carbocycles. The number of nitriles is 1. The van der Waals surface area contributed by atoms with E-state index in [-0.39, 0.29) is 5.91 Å².